The van der Waals surface area contributed by atoms with Crippen molar-refractivity contribution in [3.05, 3.63) is 84.5 Å². The molecule has 0 saturated heterocycles. The second kappa shape index (κ2) is 7.65. The van der Waals surface area contributed by atoms with Crippen molar-refractivity contribution < 1.29 is 13.9 Å². The number of oxazole rings is 1. The van der Waals surface area contributed by atoms with Crippen LogP contribution >= 0.6 is 0 Å². The van der Waals surface area contributed by atoms with Crippen molar-refractivity contribution in [2.24, 2.45) is 0 Å². The van der Waals surface area contributed by atoms with Crippen LogP contribution in [-0.4, -0.2) is 20.9 Å². The second-order valence-electron chi connectivity index (χ2n) is 5.79. The maximum atomic E-state index is 12.2. The molecule has 0 saturated carbocycles. The van der Waals surface area contributed by atoms with Gasteiger partial charge in [0.2, 0.25) is 5.89 Å². The summed E-state index contributed by atoms with van der Waals surface area (Å²) in [4.78, 5) is 24.7. The van der Waals surface area contributed by atoms with Crippen molar-refractivity contribution in [2.75, 3.05) is 0 Å². The first-order valence-electron chi connectivity index (χ1n) is 8.37. The summed E-state index contributed by atoms with van der Waals surface area (Å²) >= 11 is 0. The first kappa shape index (κ1) is 16.7. The zero-order valence-electron chi connectivity index (χ0n) is 14.3. The summed E-state index contributed by atoms with van der Waals surface area (Å²) in [5, 5.41) is 3.76. The quantitative estimate of drug-likeness (QED) is 0.568. The Kier molecular flexibility index (Phi) is 4.74. The molecule has 1 amide bonds. The van der Waals surface area contributed by atoms with Gasteiger partial charge in [0.1, 0.15) is 17.5 Å². The Hall–Kier alpha value is -3.74. The number of pyridine rings is 2. The minimum Gasteiger partial charge on any atom is -0.482 e. The molecule has 7 heteroatoms. The number of ether oxygens (including phenoxy) is 1. The van der Waals surface area contributed by atoms with Crippen LogP contribution in [0.3, 0.4) is 0 Å². The molecular weight excluding hydrogens is 344 g/mol. The highest BCUT2D eigenvalue weighted by Gasteiger charge is 2.13. The summed E-state index contributed by atoms with van der Waals surface area (Å²) < 4.78 is 11.1. The predicted octanol–water partition coefficient (Wildman–Crippen LogP) is 3.13. The number of fused-ring (bicyclic) bond motifs is 1. The van der Waals surface area contributed by atoms with E-state index >= 15 is 0 Å². The number of benzene rings is 1. The van der Waals surface area contributed by atoms with Crippen LogP contribution < -0.4 is 10.1 Å². The summed E-state index contributed by atoms with van der Waals surface area (Å²) in [6.45, 7) is 0.471. The molecule has 1 aromatic carbocycles. The highest BCUT2D eigenvalue weighted by Crippen LogP contribution is 2.23. The summed E-state index contributed by atoms with van der Waals surface area (Å²) in [5.74, 6) is 0.629. The Morgan fingerprint density at radius 3 is 2.89 bits per heavy atom. The van der Waals surface area contributed by atoms with Gasteiger partial charge in [0, 0.05) is 30.5 Å². The summed E-state index contributed by atoms with van der Waals surface area (Å²) in [6, 6.07) is 13.2. The molecule has 0 aliphatic rings. The van der Waals surface area contributed by atoms with Crippen LogP contribution in [-0.2, 0) is 13.2 Å². The van der Waals surface area contributed by atoms with Gasteiger partial charge in [-0.25, -0.2) is 4.98 Å². The molecule has 0 aliphatic carbocycles. The van der Waals surface area contributed by atoms with Crippen LogP contribution in [0.4, 0.5) is 0 Å². The van der Waals surface area contributed by atoms with Crippen molar-refractivity contribution in [1.82, 2.24) is 20.3 Å². The van der Waals surface area contributed by atoms with E-state index in [1.807, 2.05) is 42.5 Å². The number of nitrogens with one attached hydrogen (secondary N) is 1. The maximum Gasteiger partial charge on any atom is 0.273 e. The zero-order valence-corrected chi connectivity index (χ0v) is 14.3. The molecule has 0 atom stereocenters. The van der Waals surface area contributed by atoms with E-state index in [1.165, 1.54) is 6.26 Å². The molecule has 27 heavy (non-hydrogen) atoms. The molecule has 3 heterocycles. The van der Waals surface area contributed by atoms with Crippen LogP contribution in [0.2, 0.25) is 0 Å². The molecule has 7 nitrogen and oxygen atoms in total. The fourth-order valence-electron chi connectivity index (χ4n) is 2.59. The van der Waals surface area contributed by atoms with Gasteiger partial charge in [0.25, 0.3) is 5.91 Å². The van der Waals surface area contributed by atoms with Gasteiger partial charge in [-0.05, 0) is 23.8 Å². The zero-order chi connectivity index (χ0) is 18.5. The van der Waals surface area contributed by atoms with Gasteiger partial charge in [-0.2, -0.15) is 0 Å². The lowest BCUT2D eigenvalue weighted by Crippen LogP contribution is -2.23. The Morgan fingerprint density at radius 1 is 1.11 bits per heavy atom. The molecule has 1 N–H and O–H groups in total. The Bertz CT molecular complexity index is 1060. The van der Waals surface area contributed by atoms with Gasteiger partial charge in [-0.1, -0.05) is 24.3 Å². The monoisotopic (exact) mass is 360 g/mol. The first-order chi connectivity index (χ1) is 13.3. The van der Waals surface area contributed by atoms with Gasteiger partial charge in [0.15, 0.2) is 12.3 Å². The van der Waals surface area contributed by atoms with E-state index in [-0.39, 0.29) is 18.2 Å². The van der Waals surface area contributed by atoms with Crippen LogP contribution in [0.1, 0.15) is 21.9 Å². The number of hydrogen-bond donors (Lipinski definition) is 1. The predicted molar refractivity (Wildman–Crippen MR) is 98.0 cm³/mol. The van der Waals surface area contributed by atoms with Gasteiger partial charge in [-0.3, -0.25) is 14.8 Å². The van der Waals surface area contributed by atoms with E-state index in [0.717, 1.165) is 16.5 Å². The first-order valence-corrected chi connectivity index (χ1v) is 8.37. The fraction of sp³-hybridized carbons (Fsp3) is 0.100. The number of carbonyl (C=O) groups is 1. The van der Waals surface area contributed by atoms with Crippen molar-refractivity contribution in [3.8, 4) is 5.75 Å². The minimum absolute atomic E-state index is 0.103. The second-order valence-corrected chi connectivity index (χ2v) is 5.79. The number of carbonyl (C=O) groups excluding carboxylic acids is 1. The lowest BCUT2D eigenvalue weighted by Gasteiger charge is -2.06. The standard InChI is InChI=1S/C20H16N4O3/c25-20(23-11-14-4-2-8-21-10-14)16-12-27-18(24-16)13-26-17-7-1-5-15-6-3-9-22-19(15)17/h1-10,12H,11,13H2,(H,23,25). The van der Waals surface area contributed by atoms with Crippen LogP contribution in [0, 0.1) is 0 Å². The molecular formula is C20H16N4O3. The van der Waals surface area contributed by atoms with Crippen LogP contribution in [0.25, 0.3) is 10.9 Å². The molecule has 0 bridgehead atoms. The Morgan fingerprint density at radius 2 is 2.00 bits per heavy atom. The molecule has 4 rings (SSSR count). The van der Waals surface area contributed by atoms with Crippen LogP contribution in [0.15, 0.2) is 71.7 Å². The van der Waals surface area contributed by atoms with E-state index in [4.69, 9.17) is 9.15 Å². The van der Waals surface area contributed by atoms with E-state index in [0.29, 0.717) is 18.2 Å². The Balaban J connectivity index is 1.38. The number of aromatic nitrogens is 3. The smallest absolute Gasteiger partial charge is 0.273 e. The van der Waals surface area contributed by atoms with E-state index in [9.17, 15) is 4.79 Å². The summed E-state index contributed by atoms with van der Waals surface area (Å²) in [5.41, 5.74) is 1.87. The number of para-hydroxylation sites is 1. The third-order valence-corrected chi connectivity index (χ3v) is 3.91. The maximum absolute atomic E-state index is 12.2. The summed E-state index contributed by atoms with van der Waals surface area (Å²) in [7, 11) is 0. The molecule has 0 fully saturated rings. The van der Waals surface area contributed by atoms with Crippen molar-refractivity contribution in [1.29, 1.82) is 0 Å². The number of amides is 1. The molecule has 134 valence electrons. The molecule has 3 aromatic heterocycles. The summed E-state index contributed by atoms with van der Waals surface area (Å²) in [6.07, 6.45) is 6.41. The van der Waals surface area contributed by atoms with E-state index in [1.54, 1.807) is 18.6 Å². The van der Waals surface area contributed by atoms with Gasteiger partial charge < -0.3 is 14.5 Å². The normalized spacial score (nSPS) is 10.7. The lowest BCUT2D eigenvalue weighted by molar-refractivity contribution is 0.0946. The van der Waals surface area contributed by atoms with E-state index in [2.05, 4.69) is 20.3 Å². The van der Waals surface area contributed by atoms with Gasteiger partial charge in [0.05, 0.1) is 0 Å². The average molecular weight is 360 g/mol. The highest BCUT2D eigenvalue weighted by molar-refractivity contribution is 5.91. The largest absolute Gasteiger partial charge is 0.482 e. The molecule has 0 unspecified atom stereocenters. The molecule has 4 aromatic rings. The van der Waals surface area contributed by atoms with Gasteiger partial charge >= 0.3 is 0 Å². The highest BCUT2D eigenvalue weighted by atomic mass is 16.5. The number of rotatable bonds is 6. The minimum atomic E-state index is -0.319. The van der Waals surface area contributed by atoms with Crippen molar-refractivity contribution in [2.45, 2.75) is 13.2 Å². The fourth-order valence-corrected chi connectivity index (χ4v) is 2.59. The third-order valence-electron chi connectivity index (χ3n) is 3.91. The molecule has 0 aliphatic heterocycles. The molecule has 0 radical (unpaired) electrons. The average Bonchev–Trinajstić information content (AvgIpc) is 3.20. The topological polar surface area (TPSA) is 90.1 Å². The third kappa shape index (κ3) is 3.92. The SMILES string of the molecule is O=C(NCc1cccnc1)c1coc(COc2cccc3cccnc23)n1. The Labute approximate surface area is 155 Å². The molecule has 0 spiro atoms. The van der Waals surface area contributed by atoms with Crippen LogP contribution in [0.5, 0.6) is 5.75 Å². The van der Waals surface area contributed by atoms with Crippen molar-refractivity contribution in [3.63, 3.8) is 0 Å². The van der Waals surface area contributed by atoms with Crippen molar-refractivity contribution >= 4 is 16.8 Å². The van der Waals surface area contributed by atoms with E-state index < -0.39 is 0 Å². The van der Waals surface area contributed by atoms with Gasteiger partial charge in [-0.15, -0.1) is 0 Å². The lowest BCUT2D eigenvalue weighted by atomic mass is 10.2. The number of hydrogen-bond acceptors (Lipinski definition) is 6. The number of nitrogens with zero attached hydrogens (tertiary/aromatic N) is 3.